The molecule has 1 heterocycles. The van der Waals surface area contributed by atoms with E-state index in [1.165, 1.54) is 0 Å². The fraction of sp³-hybridized carbons (Fsp3) is 0.167. The van der Waals surface area contributed by atoms with Crippen LogP contribution in [0.2, 0.25) is 5.15 Å². The van der Waals surface area contributed by atoms with Gasteiger partial charge in [-0.25, -0.2) is 9.97 Å². The van der Waals surface area contributed by atoms with E-state index in [1.807, 2.05) is 36.6 Å². The summed E-state index contributed by atoms with van der Waals surface area (Å²) in [6.07, 6.45) is 2.03. The monoisotopic (exact) mass is 376 g/mol. The fourth-order valence-corrected chi connectivity index (χ4v) is 2.57. The van der Waals surface area contributed by atoms with Crippen molar-refractivity contribution in [2.45, 2.75) is 5.75 Å². The Morgan fingerprint density at radius 1 is 1.24 bits per heavy atom. The van der Waals surface area contributed by atoms with Crippen molar-refractivity contribution in [3.63, 3.8) is 0 Å². The van der Waals surface area contributed by atoms with Gasteiger partial charge in [-0.05, 0) is 28.8 Å². The van der Waals surface area contributed by atoms with Crippen LogP contribution in [0.15, 0.2) is 30.3 Å². The Morgan fingerprint density at radius 2 is 1.94 bits per heavy atom. The molecule has 0 saturated heterocycles. The zero-order chi connectivity index (χ0) is 12.3. The highest BCUT2D eigenvalue weighted by Gasteiger charge is 2.11. The fourth-order valence-electron chi connectivity index (χ4n) is 1.44. The van der Waals surface area contributed by atoms with Crippen LogP contribution in [0, 0.1) is 3.57 Å². The van der Waals surface area contributed by atoms with Gasteiger partial charge in [0.1, 0.15) is 11.0 Å². The average Bonchev–Trinajstić information content (AvgIpc) is 2.35. The van der Waals surface area contributed by atoms with Gasteiger partial charge >= 0.3 is 0 Å². The van der Waals surface area contributed by atoms with E-state index in [4.69, 9.17) is 11.6 Å². The summed E-state index contributed by atoms with van der Waals surface area (Å²) in [4.78, 5) is 8.84. The first kappa shape index (κ1) is 13.1. The van der Waals surface area contributed by atoms with Gasteiger partial charge in [0.15, 0.2) is 0 Å². The van der Waals surface area contributed by atoms with Crippen LogP contribution in [-0.2, 0) is 5.75 Å². The highest BCUT2D eigenvalue weighted by atomic mass is 127. The molecule has 0 spiro atoms. The maximum Gasteiger partial charge on any atom is 0.146 e. The molecule has 2 rings (SSSR count). The third-order valence-electron chi connectivity index (χ3n) is 2.18. The van der Waals surface area contributed by atoms with Crippen molar-refractivity contribution in [2.24, 2.45) is 0 Å². The Labute approximate surface area is 123 Å². The van der Waals surface area contributed by atoms with Crippen LogP contribution >= 0.6 is 46.0 Å². The van der Waals surface area contributed by atoms with Crippen LogP contribution in [0.25, 0.3) is 11.3 Å². The SMILES string of the molecule is CSCc1nc(Cl)c(I)c(-c2ccccc2)n1. The number of thioether (sulfide) groups is 1. The van der Waals surface area contributed by atoms with Crippen molar-refractivity contribution in [1.29, 1.82) is 0 Å². The zero-order valence-corrected chi connectivity index (χ0v) is 12.9. The largest absolute Gasteiger partial charge is 0.231 e. The molecule has 0 atom stereocenters. The lowest BCUT2D eigenvalue weighted by Crippen LogP contribution is -1.99. The van der Waals surface area contributed by atoms with Crippen LogP contribution < -0.4 is 0 Å². The van der Waals surface area contributed by atoms with E-state index in [0.29, 0.717) is 5.15 Å². The molecule has 2 aromatic rings. The Kier molecular flexibility index (Phi) is 4.64. The molecular formula is C12H10ClIN2S. The minimum atomic E-state index is 0.531. The molecular weight excluding hydrogens is 367 g/mol. The lowest BCUT2D eigenvalue weighted by molar-refractivity contribution is 1.03. The molecule has 17 heavy (non-hydrogen) atoms. The van der Waals surface area contributed by atoms with Crippen molar-refractivity contribution in [2.75, 3.05) is 6.26 Å². The smallest absolute Gasteiger partial charge is 0.146 e. The van der Waals surface area contributed by atoms with E-state index in [2.05, 4.69) is 32.6 Å². The highest BCUT2D eigenvalue weighted by molar-refractivity contribution is 14.1. The van der Waals surface area contributed by atoms with Gasteiger partial charge in [0.2, 0.25) is 0 Å². The summed E-state index contributed by atoms with van der Waals surface area (Å²) >= 11 is 10.0. The summed E-state index contributed by atoms with van der Waals surface area (Å²) < 4.78 is 0.903. The van der Waals surface area contributed by atoms with Crippen molar-refractivity contribution in [3.8, 4) is 11.3 Å². The maximum atomic E-state index is 6.14. The van der Waals surface area contributed by atoms with Gasteiger partial charge < -0.3 is 0 Å². The lowest BCUT2D eigenvalue weighted by Gasteiger charge is -2.07. The Hall–Kier alpha value is -0.330. The molecule has 0 fully saturated rings. The standard InChI is InChI=1S/C12H10ClIN2S/c1-17-7-9-15-11(10(14)12(13)16-9)8-5-3-2-4-6-8/h2-6H,7H2,1H3. The summed E-state index contributed by atoms with van der Waals surface area (Å²) in [5.74, 6) is 1.55. The summed E-state index contributed by atoms with van der Waals surface area (Å²) in [5.41, 5.74) is 1.99. The predicted octanol–water partition coefficient (Wildman–Crippen LogP) is 4.26. The van der Waals surface area contributed by atoms with Gasteiger partial charge in [0.05, 0.1) is 15.0 Å². The van der Waals surface area contributed by atoms with E-state index < -0.39 is 0 Å². The normalized spacial score (nSPS) is 10.5. The van der Waals surface area contributed by atoms with Crippen LogP contribution in [0.1, 0.15) is 5.82 Å². The van der Waals surface area contributed by atoms with Crippen LogP contribution in [0.3, 0.4) is 0 Å². The first-order valence-electron chi connectivity index (χ1n) is 4.98. The third-order valence-corrected chi connectivity index (χ3v) is 4.34. The van der Waals surface area contributed by atoms with Crippen LogP contribution in [-0.4, -0.2) is 16.2 Å². The van der Waals surface area contributed by atoms with Gasteiger partial charge in [0, 0.05) is 5.56 Å². The minimum Gasteiger partial charge on any atom is -0.231 e. The van der Waals surface area contributed by atoms with Crippen molar-refractivity contribution in [1.82, 2.24) is 9.97 Å². The molecule has 1 aromatic heterocycles. The van der Waals surface area contributed by atoms with E-state index in [1.54, 1.807) is 11.8 Å². The molecule has 2 nitrogen and oxygen atoms in total. The summed E-state index contributed by atoms with van der Waals surface area (Å²) in [6, 6.07) is 10.0. The second kappa shape index (κ2) is 6.02. The number of nitrogens with zero attached hydrogens (tertiary/aromatic N) is 2. The number of aromatic nitrogens is 2. The van der Waals surface area contributed by atoms with Crippen molar-refractivity contribution >= 4 is 46.0 Å². The van der Waals surface area contributed by atoms with E-state index in [9.17, 15) is 0 Å². The van der Waals surface area contributed by atoms with Gasteiger partial charge in [0.25, 0.3) is 0 Å². The Morgan fingerprint density at radius 3 is 2.59 bits per heavy atom. The number of benzene rings is 1. The first-order valence-corrected chi connectivity index (χ1v) is 7.83. The number of hydrogen-bond donors (Lipinski definition) is 0. The second-order valence-electron chi connectivity index (χ2n) is 3.39. The third kappa shape index (κ3) is 3.11. The minimum absolute atomic E-state index is 0.531. The number of hydrogen-bond acceptors (Lipinski definition) is 3. The summed E-state index contributed by atoms with van der Waals surface area (Å²) in [5, 5.41) is 0.531. The van der Waals surface area contributed by atoms with Gasteiger partial charge in [-0.1, -0.05) is 41.9 Å². The molecule has 0 radical (unpaired) electrons. The first-order chi connectivity index (χ1) is 8.22. The highest BCUT2D eigenvalue weighted by Crippen LogP contribution is 2.28. The molecule has 0 saturated carbocycles. The maximum absolute atomic E-state index is 6.14. The Bertz CT molecular complexity index is 519. The quantitative estimate of drug-likeness (QED) is 0.591. The molecule has 0 amide bonds. The zero-order valence-electron chi connectivity index (χ0n) is 9.15. The molecule has 88 valence electrons. The van der Waals surface area contributed by atoms with Crippen LogP contribution in [0.5, 0.6) is 0 Å². The average molecular weight is 377 g/mol. The summed E-state index contributed by atoms with van der Waals surface area (Å²) in [7, 11) is 0. The molecule has 0 aliphatic carbocycles. The van der Waals surface area contributed by atoms with E-state index in [0.717, 1.165) is 26.4 Å². The topological polar surface area (TPSA) is 25.8 Å². The van der Waals surface area contributed by atoms with E-state index >= 15 is 0 Å². The van der Waals surface area contributed by atoms with E-state index in [-0.39, 0.29) is 0 Å². The van der Waals surface area contributed by atoms with Crippen molar-refractivity contribution in [3.05, 3.63) is 44.9 Å². The number of rotatable bonds is 3. The van der Waals surface area contributed by atoms with Crippen molar-refractivity contribution < 1.29 is 0 Å². The molecule has 0 unspecified atom stereocenters. The summed E-state index contributed by atoms with van der Waals surface area (Å²) in [6.45, 7) is 0. The Balaban J connectivity index is 2.53. The molecule has 0 aliphatic heterocycles. The molecule has 5 heteroatoms. The molecule has 0 bridgehead atoms. The van der Waals surface area contributed by atoms with Gasteiger partial charge in [-0.2, -0.15) is 11.8 Å². The second-order valence-corrected chi connectivity index (χ2v) is 5.70. The molecule has 1 aromatic carbocycles. The molecule has 0 N–H and O–H groups in total. The lowest BCUT2D eigenvalue weighted by atomic mass is 10.1. The number of halogens is 2. The molecule has 0 aliphatic rings. The van der Waals surface area contributed by atoms with Crippen LogP contribution in [0.4, 0.5) is 0 Å². The predicted molar refractivity (Wildman–Crippen MR) is 82.4 cm³/mol. The van der Waals surface area contributed by atoms with Gasteiger partial charge in [-0.3, -0.25) is 0 Å². The van der Waals surface area contributed by atoms with Gasteiger partial charge in [-0.15, -0.1) is 0 Å².